The van der Waals surface area contributed by atoms with Gasteiger partial charge in [-0.2, -0.15) is 0 Å². The number of methoxy groups -OCH3 is 1. The van der Waals surface area contributed by atoms with E-state index in [-0.39, 0.29) is 23.4 Å². The fourth-order valence-electron chi connectivity index (χ4n) is 4.26. The lowest BCUT2D eigenvalue weighted by molar-refractivity contribution is -0.139. The summed E-state index contributed by atoms with van der Waals surface area (Å²) in [6.07, 6.45) is 0.734. The van der Waals surface area contributed by atoms with Crippen LogP contribution in [0.3, 0.4) is 0 Å². The van der Waals surface area contributed by atoms with Crippen LogP contribution in [0.4, 0.5) is 5.69 Å². The second-order valence-electron chi connectivity index (χ2n) is 10.5. The Labute approximate surface area is 244 Å². The highest BCUT2D eigenvalue weighted by molar-refractivity contribution is 7.92. The average molecular weight is 580 g/mol. The summed E-state index contributed by atoms with van der Waals surface area (Å²) in [6, 6.07) is 18.1. The van der Waals surface area contributed by atoms with Crippen molar-refractivity contribution in [3.63, 3.8) is 0 Å². The molecular weight excluding hydrogens is 538 g/mol. The minimum absolute atomic E-state index is 0.0762. The molecule has 3 aromatic rings. The van der Waals surface area contributed by atoms with Crippen molar-refractivity contribution in [2.24, 2.45) is 0 Å². The Bertz CT molecular complexity index is 1470. The number of benzene rings is 3. The standard InChI is InChI=1S/C32H41N3O5S/c1-8-25(5)33-32(37)26(6)34(20-27-10-9-11-29(19-27)40-7)31(36)21-35(28-15-14-23(3)24(4)18-28)41(38,39)30-16-12-22(2)13-17-30/h9-19,25-26H,8,20-21H2,1-7H3,(H,33,37)/t25-,26-/m0/s1. The molecule has 0 aliphatic rings. The number of nitrogens with one attached hydrogen (secondary N) is 1. The van der Waals surface area contributed by atoms with Gasteiger partial charge in [-0.05, 0) is 94.1 Å². The normalized spacial score (nSPS) is 12.8. The third kappa shape index (κ3) is 7.88. The molecule has 0 bridgehead atoms. The summed E-state index contributed by atoms with van der Waals surface area (Å²) < 4.78 is 34.5. The molecular formula is C32H41N3O5S. The Morgan fingerprint density at radius 2 is 1.61 bits per heavy atom. The van der Waals surface area contributed by atoms with E-state index in [0.29, 0.717) is 11.4 Å². The maximum absolute atomic E-state index is 14.1. The lowest BCUT2D eigenvalue weighted by atomic mass is 10.1. The lowest BCUT2D eigenvalue weighted by Gasteiger charge is -2.32. The average Bonchev–Trinajstić information content (AvgIpc) is 2.95. The first-order valence-electron chi connectivity index (χ1n) is 13.8. The van der Waals surface area contributed by atoms with Gasteiger partial charge in [0.25, 0.3) is 10.0 Å². The monoisotopic (exact) mass is 579 g/mol. The SMILES string of the molecule is CC[C@H](C)NC(=O)[C@H](C)N(Cc1cccc(OC)c1)C(=O)CN(c1ccc(C)c(C)c1)S(=O)(=O)c1ccc(C)cc1. The second-order valence-corrected chi connectivity index (χ2v) is 12.3. The summed E-state index contributed by atoms with van der Waals surface area (Å²) in [7, 11) is -2.56. The van der Waals surface area contributed by atoms with Gasteiger partial charge in [-0.15, -0.1) is 0 Å². The number of nitrogens with zero attached hydrogens (tertiary/aromatic N) is 2. The van der Waals surface area contributed by atoms with E-state index >= 15 is 0 Å². The number of hydrogen-bond acceptors (Lipinski definition) is 5. The number of amides is 2. The molecule has 2 atom stereocenters. The van der Waals surface area contributed by atoms with Crippen molar-refractivity contribution >= 4 is 27.5 Å². The molecule has 0 saturated carbocycles. The smallest absolute Gasteiger partial charge is 0.264 e. The first-order chi connectivity index (χ1) is 19.4. The van der Waals surface area contributed by atoms with Crippen molar-refractivity contribution in [2.75, 3.05) is 18.0 Å². The molecule has 9 heteroatoms. The van der Waals surface area contributed by atoms with E-state index in [9.17, 15) is 18.0 Å². The molecule has 0 fully saturated rings. The Morgan fingerprint density at radius 1 is 0.927 bits per heavy atom. The van der Waals surface area contributed by atoms with Gasteiger partial charge in [-0.3, -0.25) is 13.9 Å². The number of sulfonamides is 1. The molecule has 0 unspecified atom stereocenters. The molecule has 0 heterocycles. The molecule has 0 aliphatic heterocycles. The van der Waals surface area contributed by atoms with E-state index in [1.54, 1.807) is 62.6 Å². The summed E-state index contributed by atoms with van der Waals surface area (Å²) in [5.41, 5.74) is 3.94. The van der Waals surface area contributed by atoms with Gasteiger partial charge in [-0.25, -0.2) is 8.42 Å². The first kappa shape index (κ1) is 31.7. The molecule has 0 saturated heterocycles. The van der Waals surface area contributed by atoms with Crippen LogP contribution in [0.5, 0.6) is 5.75 Å². The van der Waals surface area contributed by atoms with Crippen molar-refractivity contribution in [1.29, 1.82) is 0 Å². The van der Waals surface area contributed by atoms with Gasteiger partial charge in [0.2, 0.25) is 11.8 Å². The van der Waals surface area contributed by atoms with E-state index in [0.717, 1.165) is 33.0 Å². The van der Waals surface area contributed by atoms with Crippen LogP contribution < -0.4 is 14.4 Å². The van der Waals surface area contributed by atoms with Crippen LogP contribution in [0.25, 0.3) is 0 Å². The summed E-state index contributed by atoms with van der Waals surface area (Å²) >= 11 is 0. The van der Waals surface area contributed by atoms with Crippen LogP contribution in [0.15, 0.2) is 71.6 Å². The highest BCUT2D eigenvalue weighted by atomic mass is 32.2. The lowest BCUT2D eigenvalue weighted by Crippen LogP contribution is -2.52. The summed E-state index contributed by atoms with van der Waals surface area (Å²) in [5, 5.41) is 2.94. The summed E-state index contributed by atoms with van der Waals surface area (Å²) in [5.74, 6) is -0.200. The fourth-order valence-corrected chi connectivity index (χ4v) is 5.67. The van der Waals surface area contributed by atoms with Gasteiger partial charge in [0.1, 0.15) is 18.3 Å². The van der Waals surface area contributed by atoms with Gasteiger partial charge in [-0.1, -0.05) is 42.8 Å². The highest BCUT2D eigenvalue weighted by Crippen LogP contribution is 2.27. The minimum atomic E-state index is -4.12. The van der Waals surface area contributed by atoms with E-state index < -0.39 is 28.5 Å². The van der Waals surface area contributed by atoms with Crippen LogP contribution in [0.2, 0.25) is 0 Å². The topological polar surface area (TPSA) is 96.0 Å². The number of aryl methyl sites for hydroxylation is 3. The largest absolute Gasteiger partial charge is 0.497 e. The molecule has 0 aromatic heterocycles. The maximum atomic E-state index is 14.1. The van der Waals surface area contributed by atoms with Gasteiger partial charge in [0.15, 0.2) is 0 Å². The van der Waals surface area contributed by atoms with Gasteiger partial charge >= 0.3 is 0 Å². The number of ether oxygens (including phenoxy) is 1. The first-order valence-corrected chi connectivity index (χ1v) is 15.2. The molecule has 220 valence electrons. The molecule has 1 N–H and O–H groups in total. The molecule has 2 amide bonds. The molecule has 3 aromatic carbocycles. The van der Waals surface area contributed by atoms with E-state index in [1.165, 1.54) is 4.90 Å². The molecule has 3 rings (SSSR count). The zero-order valence-electron chi connectivity index (χ0n) is 25.0. The van der Waals surface area contributed by atoms with E-state index in [2.05, 4.69) is 5.32 Å². The predicted molar refractivity (Wildman–Crippen MR) is 163 cm³/mol. The summed E-state index contributed by atoms with van der Waals surface area (Å²) in [6.45, 7) is 10.8. The van der Waals surface area contributed by atoms with Crippen LogP contribution >= 0.6 is 0 Å². The Morgan fingerprint density at radius 3 is 2.22 bits per heavy atom. The maximum Gasteiger partial charge on any atom is 0.264 e. The zero-order valence-corrected chi connectivity index (χ0v) is 25.8. The zero-order chi connectivity index (χ0) is 30.3. The quantitative estimate of drug-likeness (QED) is 0.320. The third-order valence-corrected chi connectivity index (χ3v) is 9.11. The molecule has 0 aliphatic carbocycles. The third-order valence-electron chi connectivity index (χ3n) is 7.32. The van der Waals surface area contributed by atoms with Crippen LogP contribution in [0, 0.1) is 20.8 Å². The predicted octanol–water partition coefficient (Wildman–Crippen LogP) is 5.15. The number of hydrogen-bond donors (Lipinski definition) is 1. The summed E-state index contributed by atoms with van der Waals surface area (Å²) in [4.78, 5) is 28.8. The van der Waals surface area contributed by atoms with Crippen molar-refractivity contribution in [1.82, 2.24) is 10.2 Å². The highest BCUT2D eigenvalue weighted by Gasteiger charge is 2.33. The number of carbonyl (C=O) groups excluding carboxylic acids is 2. The number of rotatable bonds is 12. The van der Waals surface area contributed by atoms with Crippen LogP contribution in [-0.2, 0) is 26.2 Å². The van der Waals surface area contributed by atoms with Gasteiger partial charge in [0.05, 0.1) is 17.7 Å². The van der Waals surface area contributed by atoms with Gasteiger partial charge < -0.3 is 15.0 Å². The van der Waals surface area contributed by atoms with Crippen molar-refractivity contribution in [3.05, 3.63) is 89.0 Å². The number of carbonyl (C=O) groups is 2. The Kier molecular flexibility index (Phi) is 10.6. The van der Waals surface area contributed by atoms with Crippen molar-refractivity contribution in [2.45, 2.75) is 71.5 Å². The van der Waals surface area contributed by atoms with Crippen molar-refractivity contribution in [3.8, 4) is 5.75 Å². The second kappa shape index (κ2) is 13.7. The van der Waals surface area contributed by atoms with E-state index in [1.807, 2.05) is 52.8 Å². The minimum Gasteiger partial charge on any atom is -0.497 e. The van der Waals surface area contributed by atoms with Crippen LogP contribution in [0.1, 0.15) is 49.4 Å². The molecule has 0 spiro atoms. The van der Waals surface area contributed by atoms with Gasteiger partial charge in [0, 0.05) is 12.6 Å². The van der Waals surface area contributed by atoms with Crippen molar-refractivity contribution < 1.29 is 22.7 Å². The molecule has 0 radical (unpaired) electrons. The molecule has 41 heavy (non-hydrogen) atoms. The Balaban J connectivity index is 2.06. The van der Waals surface area contributed by atoms with Crippen LogP contribution in [-0.4, -0.2) is 50.9 Å². The Hall–Kier alpha value is -3.85. The fraction of sp³-hybridized carbons (Fsp3) is 0.375. The molecule has 8 nitrogen and oxygen atoms in total. The van der Waals surface area contributed by atoms with E-state index in [4.69, 9.17) is 4.74 Å². The number of anilines is 1.